The monoisotopic (exact) mass is 478 g/mol. The Bertz CT molecular complexity index is 1170. The number of hydrogen-bond acceptors (Lipinski definition) is 3. The number of para-hydroxylation sites is 1. The SMILES string of the molecule is CN1CCN(C(=O)C2CCN(C(=O)c3cc4ccccc4n3Cc3ccc(Cl)cc3)CC2)CC1. The summed E-state index contributed by atoms with van der Waals surface area (Å²) in [6.07, 6.45) is 1.46. The highest BCUT2D eigenvalue weighted by Crippen LogP contribution is 2.26. The fourth-order valence-electron chi connectivity index (χ4n) is 5.11. The summed E-state index contributed by atoms with van der Waals surface area (Å²) in [5.41, 5.74) is 2.83. The maximum absolute atomic E-state index is 13.6. The summed E-state index contributed by atoms with van der Waals surface area (Å²) in [5.74, 6) is 0.320. The predicted molar refractivity (Wildman–Crippen MR) is 135 cm³/mol. The Morgan fingerprint density at radius 1 is 0.882 bits per heavy atom. The quantitative estimate of drug-likeness (QED) is 0.570. The van der Waals surface area contributed by atoms with Crippen molar-refractivity contribution in [1.29, 1.82) is 0 Å². The fraction of sp³-hybridized carbons (Fsp3) is 0.407. The molecule has 0 unspecified atom stereocenters. The molecule has 2 fully saturated rings. The van der Waals surface area contributed by atoms with Crippen molar-refractivity contribution in [2.24, 2.45) is 5.92 Å². The van der Waals surface area contributed by atoms with Gasteiger partial charge in [-0.1, -0.05) is 41.9 Å². The van der Waals surface area contributed by atoms with Crippen LogP contribution in [0.3, 0.4) is 0 Å². The molecular formula is C27H31ClN4O2. The third-order valence-electron chi connectivity index (χ3n) is 7.23. The van der Waals surface area contributed by atoms with Gasteiger partial charge in [0.05, 0.1) is 0 Å². The number of likely N-dealkylation sites (N-methyl/N-ethyl adjacent to an activating group) is 1. The lowest BCUT2D eigenvalue weighted by Crippen LogP contribution is -2.51. The van der Waals surface area contributed by atoms with Crippen molar-refractivity contribution < 1.29 is 9.59 Å². The number of halogens is 1. The van der Waals surface area contributed by atoms with Gasteiger partial charge in [0.25, 0.3) is 5.91 Å². The van der Waals surface area contributed by atoms with E-state index in [1.165, 1.54) is 0 Å². The number of rotatable bonds is 4. The number of benzene rings is 2. The molecule has 2 aliphatic heterocycles. The lowest BCUT2D eigenvalue weighted by Gasteiger charge is -2.37. The lowest BCUT2D eigenvalue weighted by atomic mass is 9.94. The van der Waals surface area contributed by atoms with Crippen molar-refractivity contribution >= 4 is 34.3 Å². The van der Waals surface area contributed by atoms with Gasteiger partial charge in [0, 0.05) is 67.7 Å². The Balaban J connectivity index is 1.31. The minimum atomic E-state index is 0.0207. The third-order valence-corrected chi connectivity index (χ3v) is 7.48. The maximum atomic E-state index is 13.6. The molecule has 2 amide bonds. The average molecular weight is 479 g/mol. The van der Waals surface area contributed by atoms with Crippen molar-refractivity contribution in [2.75, 3.05) is 46.3 Å². The van der Waals surface area contributed by atoms with Crippen LogP contribution in [0.15, 0.2) is 54.6 Å². The highest BCUT2D eigenvalue weighted by atomic mass is 35.5. The number of likely N-dealkylation sites (tertiary alicyclic amines) is 1. The van der Waals surface area contributed by atoms with E-state index in [2.05, 4.69) is 22.6 Å². The van der Waals surface area contributed by atoms with Gasteiger partial charge >= 0.3 is 0 Å². The highest BCUT2D eigenvalue weighted by molar-refractivity contribution is 6.30. The van der Waals surface area contributed by atoms with Crippen LogP contribution < -0.4 is 0 Å². The van der Waals surface area contributed by atoms with Crippen LogP contribution in [0, 0.1) is 5.92 Å². The molecule has 0 radical (unpaired) electrons. The molecule has 0 aliphatic carbocycles. The first-order valence-electron chi connectivity index (χ1n) is 12.1. The zero-order valence-electron chi connectivity index (χ0n) is 19.6. The highest BCUT2D eigenvalue weighted by Gasteiger charge is 2.32. The van der Waals surface area contributed by atoms with Gasteiger partial charge in [0.15, 0.2) is 0 Å². The number of carbonyl (C=O) groups excluding carboxylic acids is 2. The topological polar surface area (TPSA) is 48.8 Å². The number of piperazine rings is 1. The van der Waals surface area contributed by atoms with Crippen molar-refractivity contribution in [3.05, 3.63) is 70.9 Å². The summed E-state index contributed by atoms with van der Waals surface area (Å²) in [7, 11) is 2.10. The first-order valence-corrected chi connectivity index (χ1v) is 12.5. The Morgan fingerprint density at radius 3 is 2.26 bits per heavy atom. The summed E-state index contributed by atoms with van der Waals surface area (Å²) in [6, 6.07) is 17.9. The van der Waals surface area contributed by atoms with Crippen LogP contribution in [0.1, 0.15) is 28.9 Å². The number of fused-ring (bicyclic) bond motifs is 1. The van der Waals surface area contributed by atoms with Gasteiger partial charge in [-0.25, -0.2) is 0 Å². The minimum absolute atomic E-state index is 0.0207. The molecule has 2 aromatic carbocycles. The van der Waals surface area contributed by atoms with E-state index in [1.54, 1.807) is 0 Å². The molecular weight excluding hydrogens is 448 g/mol. The summed E-state index contributed by atoms with van der Waals surface area (Å²) in [5, 5.41) is 1.76. The second-order valence-electron chi connectivity index (χ2n) is 9.50. The Labute approximate surface area is 205 Å². The van der Waals surface area contributed by atoms with Crippen molar-refractivity contribution in [3.8, 4) is 0 Å². The standard InChI is InChI=1S/C27H31ClN4O2/c1-29-14-16-31(17-15-29)26(33)21-10-12-30(13-11-21)27(34)25-18-22-4-2-3-5-24(22)32(25)19-20-6-8-23(28)9-7-20/h2-9,18,21H,10-17,19H2,1H3. The largest absolute Gasteiger partial charge is 0.340 e. The van der Waals surface area contributed by atoms with Crippen molar-refractivity contribution in [2.45, 2.75) is 19.4 Å². The molecule has 0 saturated carbocycles. The number of aromatic nitrogens is 1. The molecule has 3 aromatic rings. The molecule has 178 valence electrons. The molecule has 0 bridgehead atoms. The van der Waals surface area contributed by atoms with Gasteiger partial charge in [0.1, 0.15) is 5.69 Å². The molecule has 0 spiro atoms. The van der Waals surface area contributed by atoms with Crippen molar-refractivity contribution in [1.82, 2.24) is 19.3 Å². The minimum Gasteiger partial charge on any atom is -0.340 e. The van der Waals surface area contributed by atoms with Crippen LogP contribution in [0.4, 0.5) is 0 Å². The summed E-state index contributed by atoms with van der Waals surface area (Å²) in [4.78, 5) is 32.8. The first kappa shape index (κ1) is 22.9. The zero-order chi connectivity index (χ0) is 23.7. The number of piperidine rings is 1. The molecule has 6 nitrogen and oxygen atoms in total. The Kier molecular flexibility index (Phi) is 6.61. The van der Waals surface area contributed by atoms with E-state index in [1.807, 2.05) is 58.3 Å². The van der Waals surface area contributed by atoms with Gasteiger partial charge in [-0.15, -0.1) is 0 Å². The van der Waals surface area contributed by atoms with Gasteiger partial charge in [-0.05, 0) is 49.7 Å². The van der Waals surface area contributed by atoms with Gasteiger partial charge in [-0.2, -0.15) is 0 Å². The van der Waals surface area contributed by atoms with E-state index >= 15 is 0 Å². The predicted octanol–water partition coefficient (Wildman–Crippen LogP) is 3.97. The lowest BCUT2D eigenvalue weighted by molar-refractivity contribution is -0.138. The molecule has 5 rings (SSSR count). The molecule has 0 N–H and O–H groups in total. The number of hydrogen-bond donors (Lipinski definition) is 0. The Hall–Kier alpha value is -2.83. The second kappa shape index (κ2) is 9.80. The number of amides is 2. The first-order chi connectivity index (χ1) is 16.5. The third kappa shape index (κ3) is 4.70. The molecule has 34 heavy (non-hydrogen) atoms. The van der Waals surface area contributed by atoms with Crippen LogP contribution in [0.2, 0.25) is 5.02 Å². The average Bonchev–Trinajstić information content (AvgIpc) is 3.23. The molecule has 7 heteroatoms. The van der Waals surface area contributed by atoms with Crippen LogP contribution >= 0.6 is 11.6 Å². The van der Waals surface area contributed by atoms with E-state index in [0.717, 1.165) is 55.5 Å². The number of carbonyl (C=O) groups is 2. The van der Waals surface area contributed by atoms with Gasteiger partial charge < -0.3 is 19.3 Å². The van der Waals surface area contributed by atoms with Crippen LogP contribution in [-0.4, -0.2) is 77.4 Å². The normalized spacial score (nSPS) is 17.9. The van der Waals surface area contributed by atoms with Crippen LogP contribution in [-0.2, 0) is 11.3 Å². The zero-order valence-corrected chi connectivity index (χ0v) is 20.4. The number of nitrogens with zero attached hydrogens (tertiary/aromatic N) is 4. The molecule has 0 atom stereocenters. The molecule has 1 aromatic heterocycles. The summed E-state index contributed by atoms with van der Waals surface area (Å²) < 4.78 is 2.10. The molecule has 3 heterocycles. The van der Waals surface area contributed by atoms with Crippen molar-refractivity contribution in [3.63, 3.8) is 0 Å². The van der Waals surface area contributed by atoms with E-state index in [9.17, 15) is 9.59 Å². The van der Waals surface area contributed by atoms with E-state index < -0.39 is 0 Å². The fourth-order valence-corrected chi connectivity index (χ4v) is 5.23. The maximum Gasteiger partial charge on any atom is 0.270 e. The summed E-state index contributed by atoms with van der Waals surface area (Å²) >= 11 is 6.07. The van der Waals surface area contributed by atoms with Crippen LogP contribution in [0.25, 0.3) is 10.9 Å². The van der Waals surface area contributed by atoms with Gasteiger partial charge in [0.2, 0.25) is 5.91 Å². The van der Waals surface area contributed by atoms with E-state index in [4.69, 9.17) is 11.6 Å². The van der Waals surface area contributed by atoms with Crippen LogP contribution in [0.5, 0.6) is 0 Å². The second-order valence-corrected chi connectivity index (χ2v) is 9.93. The molecule has 2 aliphatic rings. The van der Waals surface area contributed by atoms with Gasteiger partial charge in [-0.3, -0.25) is 9.59 Å². The smallest absolute Gasteiger partial charge is 0.270 e. The van der Waals surface area contributed by atoms with E-state index in [-0.39, 0.29) is 17.7 Å². The summed E-state index contributed by atoms with van der Waals surface area (Å²) in [6.45, 7) is 5.31. The molecule has 2 saturated heterocycles. The van der Waals surface area contributed by atoms with E-state index in [0.29, 0.717) is 30.4 Å². The Morgan fingerprint density at radius 2 is 1.56 bits per heavy atom.